The molecule has 0 saturated carbocycles. The fraction of sp³-hybridized carbons (Fsp3) is 0.536. The first kappa shape index (κ1) is 28.2. The lowest BCUT2D eigenvalue weighted by Gasteiger charge is -2.40. The van der Waals surface area contributed by atoms with Crippen molar-refractivity contribution in [2.24, 2.45) is 0 Å². The van der Waals surface area contributed by atoms with Crippen molar-refractivity contribution in [2.45, 2.75) is 90.2 Å². The molecule has 0 aliphatic rings. The minimum atomic E-state index is -2.04. The molecule has 0 aliphatic carbocycles. The number of hydrogen-bond acceptors (Lipinski definition) is 5. The Hall–Kier alpha value is -1.99. The van der Waals surface area contributed by atoms with Crippen LogP contribution in [0.3, 0.4) is 0 Å². The van der Waals surface area contributed by atoms with Gasteiger partial charge in [-0.2, -0.15) is 0 Å². The van der Waals surface area contributed by atoms with E-state index in [2.05, 4.69) is 46.0 Å². The van der Waals surface area contributed by atoms with E-state index in [1.807, 2.05) is 49.4 Å². The van der Waals surface area contributed by atoms with E-state index in [9.17, 15) is 4.79 Å². The van der Waals surface area contributed by atoms with Gasteiger partial charge in [-0.05, 0) is 48.3 Å². The molecule has 2 aromatic rings. The average Bonchev–Trinajstić information content (AvgIpc) is 2.80. The minimum absolute atomic E-state index is 0.0585. The largest absolute Gasteiger partial charge is 0.497 e. The van der Waals surface area contributed by atoms with Crippen LogP contribution in [-0.4, -0.2) is 40.0 Å². The molecular weight excluding hydrogens is 444 g/mol. The van der Waals surface area contributed by atoms with Gasteiger partial charge in [-0.15, -0.1) is 0 Å². The Bertz CT molecular complexity index is 845. The highest BCUT2D eigenvalue weighted by atomic mass is 28.4. The van der Waals surface area contributed by atoms with Gasteiger partial charge in [0.2, 0.25) is 0 Å². The van der Waals surface area contributed by atoms with Gasteiger partial charge in [0.15, 0.2) is 8.32 Å². The molecule has 2 rings (SSSR count). The highest BCUT2D eigenvalue weighted by Gasteiger charge is 2.40. The smallest absolute Gasteiger partial charge is 0.192 e. The van der Waals surface area contributed by atoms with Crippen LogP contribution in [0.15, 0.2) is 54.6 Å². The maximum atomic E-state index is 11.5. The highest BCUT2D eigenvalue weighted by Crippen LogP contribution is 2.38. The summed E-state index contributed by atoms with van der Waals surface area (Å²) in [4.78, 5) is 11.5. The molecule has 0 spiro atoms. The third-order valence-corrected chi connectivity index (χ3v) is 11.2. The summed E-state index contributed by atoms with van der Waals surface area (Å²) in [6, 6.07) is 18.0. The summed E-state index contributed by atoms with van der Waals surface area (Å²) >= 11 is 0. The maximum absolute atomic E-state index is 11.5. The Labute approximate surface area is 206 Å². The van der Waals surface area contributed by atoms with Crippen LogP contribution < -0.4 is 4.74 Å². The molecule has 188 valence electrons. The quantitative estimate of drug-likeness (QED) is 0.224. The zero-order chi connectivity index (χ0) is 25.2. The standard InChI is InChI=1S/C28H42O5Si/c1-22(31-20-23-11-9-8-10-12-23)27(32-21-24-13-15-25(30-5)16-14-24)19-26(17-18-29)33-34(6,7)28(2,3)4/h8-16,18,22,26-27H,17,19-21H2,1-7H3/t22-,26+,27-/m1/s1. The van der Waals surface area contributed by atoms with E-state index in [4.69, 9.17) is 18.6 Å². The van der Waals surface area contributed by atoms with Crippen molar-refractivity contribution in [3.05, 3.63) is 65.7 Å². The molecule has 0 amide bonds. The molecule has 34 heavy (non-hydrogen) atoms. The molecule has 3 atom stereocenters. The van der Waals surface area contributed by atoms with E-state index in [0.29, 0.717) is 26.1 Å². The molecule has 0 fully saturated rings. The predicted molar refractivity (Wildman–Crippen MR) is 140 cm³/mol. The molecule has 6 heteroatoms. The SMILES string of the molecule is COc1ccc(CO[C@H](C[C@H](CC=O)O[Si](C)(C)C(C)(C)C)[C@@H](C)OCc2ccccc2)cc1. The number of carbonyl (C=O) groups excluding carboxylic acids is 1. The van der Waals surface area contributed by atoms with Crippen LogP contribution in [0.1, 0.15) is 51.7 Å². The van der Waals surface area contributed by atoms with Gasteiger partial charge in [0, 0.05) is 12.8 Å². The lowest BCUT2D eigenvalue weighted by molar-refractivity contribution is -0.112. The Kier molecular flexibility index (Phi) is 11.0. The fourth-order valence-electron chi connectivity index (χ4n) is 3.38. The van der Waals surface area contributed by atoms with Crippen LogP contribution in [-0.2, 0) is 31.9 Å². The third kappa shape index (κ3) is 8.99. The minimum Gasteiger partial charge on any atom is -0.497 e. The van der Waals surface area contributed by atoms with Gasteiger partial charge in [-0.1, -0.05) is 63.2 Å². The average molecular weight is 487 g/mol. The molecule has 0 bridgehead atoms. The molecule has 0 aliphatic heterocycles. The summed E-state index contributed by atoms with van der Waals surface area (Å²) in [5.74, 6) is 0.814. The van der Waals surface area contributed by atoms with Gasteiger partial charge in [0.1, 0.15) is 12.0 Å². The molecule has 0 radical (unpaired) electrons. The Balaban J connectivity index is 2.13. The van der Waals surface area contributed by atoms with Gasteiger partial charge in [-0.3, -0.25) is 0 Å². The van der Waals surface area contributed by atoms with E-state index in [1.54, 1.807) is 7.11 Å². The van der Waals surface area contributed by atoms with Crippen LogP contribution in [0, 0.1) is 0 Å². The predicted octanol–water partition coefficient (Wildman–Crippen LogP) is 6.56. The summed E-state index contributed by atoms with van der Waals surface area (Å²) in [5, 5.41) is 0.0585. The van der Waals surface area contributed by atoms with Crippen LogP contribution >= 0.6 is 0 Å². The van der Waals surface area contributed by atoms with Crippen molar-refractivity contribution < 1.29 is 23.4 Å². The first-order valence-corrected chi connectivity index (χ1v) is 15.0. The summed E-state index contributed by atoms with van der Waals surface area (Å²) < 4.78 is 24.5. The van der Waals surface area contributed by atoms with Crippen molar-refractivity contribution >= 4 is 14.6 Å². The van der Waals surface area contributed by atoms with Gasteiger partial charge in [0.25, 0.3) is 0 Å². The maximum Gasteiger partial charge on any atom is 0.192 e. The zero-order valence-corrected chi connectivity index (χ0v) is 22.9. The Morgan fingerprint density at radius 1 is 0.912 bits per heavy atom. The number of carbonyl (C=O) groups is 1. The summed E-state index contributed by atoms with van der Waals surface area (Å²) in [6.45, 7) is 14.0. The first-order chi connectivity index (χ1) is 16.1. The van der Waals surface area contributed by atoms with Crippen molar-refractivity contribution in [1.29, 1.82) is 0 Å². The second-order valence-electron chi connectivity index (χ2n) is 10.3. The normalized spacial score (nSPS) is 14.9. The summed E-state index contributed by atoms with van der Waals surface area (Å²) in [6.07, 6.45) is 1.30. The number of methoxy groups -OCH3 is 1. The Morgan fingerprint density at radius 3 is 2.06 bits per heavy atom. The summed E-state index contributed by atoms with van der Waals surface area (Å²) in [7, 11) is -0.389. The number of hydrogen-bond donors (Lipinski definition) is 0. The van der Waals surface area contributed by atoms with Crippen LogP contribution in [0.25, 0.3) is 0 Å². The van der Waals surface area contributed by atoms with Crippen LogP contribution in [0.2, 0.25) is 18.1 Å². The van der Waals surface area contributed by atoms with Gasteiger partial charge >= 0.3 is 0 Å². The lowest BCUT2D eigenvalue weighted by Crippen LogP contribution is -2.45. The molecule has 0 heterocycles. The number of ether oxygens (including phenoxy) is 3. The molecule has 2 aromatic carbocycles. The van der Waals surface area contributed by atoms with E-state index in [0.717, 1.165) is 23.2 Å². The Morgan fingerprint density at radius 2 is 1.50 bits per heavy atom. The van der Waals surface area contributed by atoms with Crippen molar-refractivity contribution in [2.75, 3.05) is 7.11 Å². The van der Waals surface area contributed by atoms with Gasteiger partial charge < -0.3 is 23.4 Å². The second-order valence-corrected chi connectivity index (χ2v) is 15.1. The summed E-state index contributed by atoms with van der Waals surface area (Å²) in [5.41, 5.74) is 2.17. The number of benzene rings is 2. The lowest BCUT2D eigenvalue weighted by atomic mass is 10.1. The zero-order valence-electron chi connectivity index (χ0n) is 21.9. The fourth-order valence-corrected chi connectivity index (χ4v) is 4.76. The monoisotopic (exact) mass is 486 g/mol. The topological polar surface area (TPSA) is 54.0 Å². The highest BCUT2D eigenvalue weighted by molar-refractivity contribution is 6.74. The van der Waals surface area contributed by atoms with E-state index >= 15 is 0 Å². The number of rotatable bonds is 14. The van der Waals surface area contributed by atoms with Crippen molar-refractivity contribution in [1.82, 2.24) is 0 Å². The van der Waals surface area contributed by atoms with E-state index in [-0.39, 0.29) is 23.4 Å². The molecule has 0 unspecified atom stereocenters. The molecule has 0 N–H and O–H groups in total. The molecule has 5 nitrogen and oxygen atoms in total. The first-order valence-electron chi connectivity index (χ1n) is 12.1. The van der Waals surface area contributed by atoms with Gasteiger partial charge in [0.05, 0.1) is 38.6 Å². The molecule has 0 aromatic heterocycles. The van der Waals surface area contributed by atoms with Crippen LogP contribution in [0.5, 0.6) is 5.75 Å². The second kappa shape index (κ2) is 13.2. The van der Waals surface area contributed by atoms with Crippen molar-refractivity contribution in [3.8, 4) is 5.75 Å². The third-order valence-electron chi connectivity index (χ3n) is 6.62. The van der Waals surface area contributed by atoms with E-state index in [1.165, 1.54) is 0 Å². The van der Waals surface area contributed by atoms with Crippen molar-refractivity contribution in [3.63, 3.8) is 0 Å². The van der Waals surface area contributed by atoms with E-state index < -0.39 is 8.32 Å². The van der Waals surface area contributed by atoms with Crippen LogP contribution in [0.4, 0.5) is 0 Å². The van der Waals surface area contributed by atoms with Gasteiger partial charge in [-0.25, -0.2) is 0 Å². The molecular formula is C28H42O5Si. The number of aldehydes is 1. The molecule has 0 saturated heterocycles.